The average Bonchev–Trinajstić information content (AvgIpc) is 2.74. The van der Waals surface area contributed by atoms with E-state index in [-0.39, 0.29) is 5.91 Å². The Kier molecular flexibility index (Phi) is 7.77. The van der Waals surface area contributed by atoms with Gasteiger partial charge in [0.15, 0.2) is 0 Å². The molecule has 1 fully saturated rings. The lowest BCUT2D eigenvalue weighted by atomic mass is 10.0. The summed E-state index contributed by atoms with van der Waals surface area (Å²) in [6.07, 6.45) is 0.343. The van der Waals surface area contributed by atoms with Crippen molar-refractivity contribution in [2.45, 2.75) is 12.5 Å². The Morgan fingerprint density at radius 2 is 1.86 bits per heavy atom. The zero-order valence-corrected chi connectivity index (χ0v) is 17.4. The first-order chi connectivity index (χ1) is 14.1. The highest BCUT2D eigenvalue weighted by Gasteiger charge is 2.29. The maximum Gasteiger partial charge on any atom is 0.242 e. The van der Waals surface area contributed by atoms with Crippen LogP contribution >= 0.6 is 23.2 Å². The molecule has 6 nitrogen and oxygen atoms in total. The zero-order valence-electron chi connectivity index (χ0n) is 15.9. The summed E-state index contributed by atoms with van der Waals surface area (Å²) in [4.78, 5) is 15.3. The molecule has 2 aromatic rings. The first-order valence-electron chi connectivity index (χ1n) is 9.24. The van der Waals surface area contributed by atoms with E-state index in [0.29, 0.717) is 48.5 Å². The number of halogens is 2. The van der Waals surface area contributed by atoms with Crippen molar-refractivity contribution in [1.82, 2.24) is 4.90 Å². The molecule has 8 heteroatoms. The minimum atomic E-state index is -0.450. The standard InChI is InChI=1S/C21H22Cl2N4O2/c1-24-26-19(15-7-8-17(22)18(23)13-15)14-20(27-9-11-29-12-10-27)21(28)25-16-5-3-2-4-6-16/h2-8,13,20H,1,9-12,14H2,(H,25,28)/b26-19+. The van der Waals surface area contributed by atoms with Gasteiger partial charge in [-0.15, -0.1) is 0 Å². The lowest BCUT2D eigenvalue weighted by molar-refractivity contribution is -0.122. The molecule has 1 heterocycles. The van der Waals surface area contributed by atoms with Crippen LogP contribution < -0.4 is 5.32 Å². The number of benzene rings is 2. The summed E-state index contributed by atoms with van der Waals surface area (Å²) < 4.78 is 5.45. The summed E-state index contributed by atoms with van der Waals surface area (Å²) in [6, 6.07) is 14.2. The molecule has 1 N–H and O–H groups in total. The lowest BCUT2D eigenvalue weighted by Crippen LogP contribution is -2.50. The third kappa shape index (κ3) is 5.87. The second kappa shape index (κ2) is 10.5. The number of morpholine rings is 1. The quantitative estimate of drug-likeness (QED) is 0.528. The van der Waals surface area contributed by atoms with Gasteiger partial charge >= 0.3 is 0 Å². The van der Waals surface area contributed by atoms with Gasteiger partial charge in [-0.2, -0.15) is 10.2 Å². The van der Waals surface area contributed by atoms with Crippen LogP contribution in [0.4, 0.5) is 5.69 Å². The van der Waals surface area contributed by atoms with Crippen LogP contribution in [0.15, 0.2) is 58.7 Å². The van der Waals surface area contributed by atoms with E-state index < -0.39 is 6.04 Å². The van der Waals surface area contributed by atoms with Gasteiger partial charge in [-0.05, 0) is 29.8 Å². The minimum Gasteiger partial charge on any atom is -0.379 e. The molecule has 1 aliphatic rings. The SMILES string of the molecule is C=N/N=C(\CC(C(=O)Nc1ccccc1)N1CCOCC1)c1ccc(Cl)c(Cl)c1. The van der Waals surface area contributed by atoms with Crippen molar-refractivity contribution in [3.8, 4) is 0 Å². The van der Waals surface area contributed by atoms with Crippen molar-refractivity contribution < 1.29 is 9.53 Å². The van der Waals surface area contributed by atoms with Crippen molar-refractivity contribution in [1.29, 1.82) is 0 Å². The Morgan fingerprint density at radius 1 is 1.14 bits per heavy atom. The summed E-state index contributed by atoms with van der Waals surface area (Å²) in [5.41, 5.74) is 2.10. The van der Waals surface area contributed by atoms with Gasteiger partial charge in [0.2, 0.25) is 5.91 Å². The van der Waals surface area contributed by atoms with Gasteiger partial charge in [0.1, 0.15) is 0 Å². The first-order valence-corrected chi connectivity index (χ1v) is 10.00. The number of para-hydroxylation sites is 1. The second-order valence-electron chi connectivity index (χ2n) is 6.54. The Balaban J connectivity index is 1.87. The number of nitrogens with zero attached hydrogens (tertiary/aromatic N) is 3. The molecule has 0 saturated carbocycles. The molecule has 0 aromatic heterocycles. The van der Waals surface area contributed by atoms with Crippen LogP contribution in [-0.4, -0.2) is 55.6 Å². The third-order valence-corrected chi connectivity index (χ3v) is 5.40. The van der Waals surface area contributed by atoms with Crippen molar-refractivity contribution in [3.63, 3.8) is 0 Å². The number of rotatable bonds is 7. The Hall–Kier alpha value is -2.25. The highest BCUT2D eigenvalue weighted by molar-refractivity contribution is 6.42. The maximum atomic E-state index is 13.2. The normalized spacial score (nSPS) is 16.3. The summed E-state index contributed by atoms with van der Waals surface area (Å²) in [5.74, 6) is -0.116. The summed E-state index contributed by atoms with van der Waals surface area (Å²) in [5, 5.41) is 11.7. The van der Waals surface area contributed by atoms with Gasteiger partial charge < -0.3 is 10.1 Å². The van der Waals surface area contributed by atoms with Gasteiger partial charge in [0, 0.05) is 31.9 Å². The number of carbonyl (C=O) groups excluding carboxylic acids is 1. The van der Waals surface area contributed by atoms with Crippen LogP contribution in [0.25, 0.3) is 0 Å². The number of anilines is 1. The van der Waals surface area contributed by atoms with E-state index in [4.69, 9.17) is 27.9 Å². The molecule has 1 saturated heterocycles. The van der Waals surface area contributed by atoms with Gasteiger partial charge in [-0.3, -0.25) is 9.69 Å². The molecule has 1 atom stereocenters. The van der Waals surface area contributed by atoms with E-state index in [9.17, 15) is 4.79 Å². The van der Waals surface area contributed by atoms with E-state index in [2.05, 4.69) is 27.1 Å². The topological polar surface area (TPSA) is 66.3 Å². The van der Waals surface area contributed by atoms with Crippen LogP contribution in [0.2, 0.25) is 10.0 Å². The van der Waals surface area contributed by atoms with Crippen molar-refractivity contribution in [2.24, 2.45) is 10.2 Å². The largest absolute Gasteiger partial charge is 0.379 e. The number of carbonyl (C=O) groups is 1. The monoisotopic (exact) mass is 432 g/mol. The van der Waals surface area contributed by atoms with Crippen LogP contribution in [-0.2, 0) is 9.53 Å². The van der Waals surface area contributed by atoms with Gasteiger partial charge in [-0.25, -0.2) is 0 Å². The van der Waals surface area contributed by atoms with Crippen LogP contribution in [0.5, 0.6) is 0 Å². The average molecular weight is 433 g/mol. The van der Waals surface area contributed by atoms with Crippen molar-refractivity contribution in [2.75, 3.05) is 31.6 Å². The molecule has 1 amide bonds. The number of hydrogen-bond donors (Lipinski definition) is 1. The molecule has 0 radical (unpaired) electrons. The van der Waals surface area contributed by atoms with Crippen molar-refractivity contribution in [3.05, 3.63) is 64.1 Å². The molecular formula is C21H22Cl2N4O2. The Labute approximate surface area is 180 Å². The Morgan fingerprint density at radius 3 is 2.52 bits per heavy atom. The number of nitrogens with one attached hydrogen (secondary N) is 1. The first kappa shape index (κ1) is 21.5. The second-order valence-corrected chi connectivity index (χ2v) is 7.35. The van der Waals surface area contributed by atoms with Crippen molar-refractivity contribution >= 4 is 47.2 Å². The fourth-order valence-corrected chi connectivity index (χ4v) is 3.48. The van der Waals surface area contributed by atoms with E-state index >= 15 is 0 Å². The summed E-state index contributed by atoms with van der Waals surface area (Å²) >= 11 is 12.2. The summed E-state index contributed by atoms with van der Waals surface area (Å²) in [6.45, 7) is 5.93. The predicted molar refractivity (Wildman–Crippen MR) is 118 cm³/mol. The smallest absolute Gasteiger partial charge is 0.242 e. The van der Waals surface area contributed by atoms with Crippen LogP contribution in [0.3, 0.4) is 0 Å². The highest BCUT2D eigenvalue weighted by atomic mass is 35.5. The fraction of sp³-hybridized carbons (Fsp3) is 0.286. The number of ether oxygens (including phenoxy) is 1. The van der Waals surface area contributed by atoms with Crippen LogP contribution in [0, 0.1) is 0 Å². The number of hydrogen-bond acceptors (Lipinski definition) is 5. The van der Waals surface area contributed by atoms with Gasteiger partial charge in [0.25, 0.3) is 0 Å². The molecule has 1 aliphatic heterocycles. The molecule has 0 aliphatic carbocycles. The zero-order chi connectivity index (χ0) is 20.6. The highest BCUT2D eigenvalue weighted by Crippen LogP contribution is 2.24. The van der Waals surface area contributed by atoms with Gasteiger partial charge in [0.05, 0.1) is 35.0 Å². The predicted octanol–water partition coefficient (Wildman–Crippen LogP) is 4.13. The molecule has 2 aromatic carbocycles. The molecule has 1 unspecified atom stereocenters. The van der Waals surface area contributed by atoms with E-state index in [1.165, 1.54) is 0 Å². The lowest BCUT2D eigenvalue weighted by Gasteiger charge is -2.33. The molecular weight excluding hydrogens is 411 g/mol. The molecule has 3 rings (SSSR count). The van der Waals surface area contributed by atoms with Gasteiger partial charge in [-0.1, -0.05) is 47.5 Å². The molecule has 0 bridgehead atoms. The summed E-state index contributed by atoms with van der Waals surface area (Å²) in [7, 11) is 0. The van der Waals surface area contributed by atoms with Crippen LogP contribution in [0.1, 0.15) is 12.0 Å². The number of amides is 1. The maximum absolute atomic E-state index is 13.2. The minimum absolute atomic E-state index is 0.116. The third-order valence-electron chi connectivity index (χ3n) is 4.66. The molecule has 0 spiro atoms. The fourth-order valence-electron chi connectivity index (χ4n) is 3.18. The van der Waals surface area contributed by atoms with E-state index in [1.54, 1.807) is 12.1 Å². The Bertz CT molecular complexity index is 884. The van der Waals surface area contributed by atoms with E-state index in [0.717, 1.165) is 11.3 Å². The van der Waals surface area contributed by atoms with E-state index in [1.807, 2.05) is 36.4 Å². The molecule has 152 valence electrons. The molecule has 29 heavy (non-hydrogen) atoms.